The number of nitrogens with zero attached hydrogens (tertiary/aromatic N) is 1. The quantitative estimate of drug-likeness (QED) is 0.539. The first-order chi connectivity index (χ1) is 14.9. The molecular weight excluding hydrogens is 394 g/mol. The van der Waals surface area contributed by atoms with E-state index in [4.69, 9.17) is 9.47 Å². The predicted molar refractivity (Wildman–Crippen MR) is 116 cm³/mol. The molecule has 4 atom stereocenters. The van der Waals surface area contributed by atoms with E-state index < -0.39 is 35.9 Å². The summed E-state index contributed by atoms with van der Waals surface area (Å²) in [5.41, 5.74) is 1.80. The van der Waals surface area contributed by atoms with Crippen molar-refractivity contribution in [2.75, 3.05) is 14.2 Å². The molecule has 0 N–H and O–H groups in total. The number of methoxy groups -OCH3 is 2. The number of benzene rings is 2. The maximum Gasteiger partial charge on any atom is 0.354 e. The van der Waals surface area contributed by atoms with E-state index in [0.29, 0.717) is 0 Å². The molecule has 6 nitrogen and oxygen atoms in total. The van der Waals surface area contributed by atoms with Crippen molar-refractivity contribution in [2.45, 2.75) is 25.9 Å². The summed E-state index contributed by atoms with van der Waals surface area (Å²) in [6, 6.07) is 18.1. The molecule has 1 heterocycles. The van der Waals surface area contributed by atoms with E-state index in [1.807, 2.05) is 79.4 Å². The standard InChI is InChI=1S/C25H27NO5/c1-16-22(18-11-7-5-8-12-18)26(20(25(29)31-4)15-21(27)30-3)23(17(2)24(16)28)19-13-9-6-10-14-19/h5-17,22-23H,1-4H3/b20-15+/t16-,17-,22-,23+/m1/s1. The monoisotopic (exact) mass is 421 g/mol. The van der Waals surface area contributed by atoms with Crippen molar-refractivity contribution >= 4 is 17.7 Å². The van der Waals surface area contributed by atoms with Gasteiger partial charge in [0.2, 0.25) is 0 Å². The molecular formula is C25H27NO5. The second kappa shape index (κ2) is 9.60. The van der Waals surface area contributed by atoms with Crippen molar-refractivity contribution in [1.82, 2.24) is 4.90 Å². The molecule has 31 heavy (non-hydrogen) atoms. The molecule has 3 rings (SSSR count). The minimum Gasteiger partial charge on any atom is -0.466 e. The molecule has 0 radical (unpaired) electrons. The first-order valence-corrected chi connectivity index (χ1v) is 10.2. The van der Waals surface area contributed by atoms with Gasteiger partial charge in [-0.1, -0.05) is 74.5 Å². The van der Waals surface area contributed by atoms with Gasteiger partial charge >= 0.3 is 11.9 Å². The Kier molecular flexibility index (Phi) is 6.90. The number of ketones is 1. The highest BCUT2D eigenvalue weighted by atomic mass is 16.5. The van der Waals surface area contributed by atoms with E-state index in [-0.39, 0.29) is 11.5 Å². The number of rotatable bonds is 5. The fourth-order valence-electron chi connectivity index (χ4n) is 4.39. The predicted octanol–water partition coefficient (Wildman–Crippen LogP) is 3.86. The van der Waals surface area contributed by atoms with Crippen molar-refractivity contribution < 1.29 is 23.9 Å². The lowest BCUT2D eigenvalue weighted by molar-refractivity contribution is -0.145. The normalized spacial score (nSPS) is 23.9. The number of carbonyl (C=O) groups is 3. The Labute approximate surface area is 182 Å². The van der Waals surface area contributed by atoms with Crippen LogP contribution in [0, 0.1) is 11.8 Å². The summed E-state index contributed by atoms with van der Waals surface area (Å²) in [7, 11) is 2.52. The molecule has 162 valence electrons. The molecule has 6 heteroatoms. The Morgan fingerprint density at radius 2 is 1.26 bits per heavy atom. The van der Waals surface area contributed by atoms with Gasteiger partial charge in [-0.25, -0.2) is 9.59 Å². The number of piperidine rings is 1. The van der Waals surface area contributed by atoms with E-state index in [2.05, 4.69) is 0 Å². The van der Waals surface area contributed by atoms with Crippen LogP contribution in [0.15, 0.2) is 72.4 Å². The Bertz CT molecular complexity index is 914. The lowest BCUT2D eigenvalue weighted by atomic mass is 9.74. The Hall–Kier alpha value is -3.41. The highest BCUT2D eigenvalue weighted by Gasteiger charge is 2.48. The van der Waals surface area contributed by atoms with Crippen LogP contribution in [0.3, 0.4) is 0 Å². The van der Waals surface area contributed by atoms with Gasteiger partial charge in [0, 0.05) is 11.8 Å². The second-order valence-corrected chi connectivity index (χ2v) is 7.64. The number of hydrogen-bond acceptors (Lipinski definition) is 6. The van der Waals surface area contributed by atoms with Gasteiger partial charge in [-0.05, 0) is 11.1 Å². The average molecular weight is 421 g/mol. The summed E-state index contributed by atoms with van der Waals surface area (Å²) in [6.45, 7) is 3.72. The SMILES string of the molecule is COC(=O)/C=C(\C(=O)OC)N1[C@H](c2ccccc2)[C@@H](C)C(=O)[C@H](C)[C@@H]1c1ccccc1. The van der Waals surface area contributed by atoms with Crippen LogP contribution < -0.4 is 0 Å². The van der Waals surface area contributed by atoms with E-state index in [1.165, 1.54) is 14.2 Å². The van der Waals surface area contributed by atoms with Gasteiger partial charge in [0.1, 0.15) is 11.5 Å². The molecule has 2 aromatic rings. The molecule has 1 aliphatic rings. The maximum atomic E-state index is 13.3. The number of esters is 2. The zero-order valence-corrected chi connectivity index (χ0v) is 18.1. The van der Waals surface area contributed by atoms with E-state index in [1.54, 1.807) is 0 Å². The fraction of sp³-hybridized carbons (Fsp3) is 0.320. The Morgan fingerprint density at radius 3 is 1.65 bits per heavy atom. The van der Waals surface area contributed by atoms with E-state index >= 15 is 0 Å². The van der Waals surface area contributed by atoms with Gasteiger partial charge in [-0.15, -0.1) is 0 Å². The van der Waals surface area contributed by atoms with Gasteiger partial charge in [0.25, 0.3) is 0 Å². The highest BCUT2D eigenvalue weighted by molar-refractivity contribution is 5.96. The lowest BCUT2D eigenvalue weighted by Gasteiger charge is -2.49. The molecule has 0 saturated carbocycles. The lowest BCUT2D eigenvalue weighted by Crippen LogP contribution is -2.50. The van der Waals surface area contributed by atoms with Gasteiger partial charge in [0.15, 0.2) is 0 Å². The van der Waals surface area contributed by atoms with Crippen molar-refractivity contribution in [3.8, 4) is 0 Å². The van der Waals surface area contributed by atoms with Crippen LogP contribution in [0.2, 0.25) is 0 Å². The maximum absolute atomic E-state index is 13.3. The Morgan fingerprint density at radius 1 is 0.806 bits per heavy atom. The smallest absolute Gasteiger partial charge is 0.354 e. The summed E-state index contributed by atoms with van der Waals surface area (Å²) in [4.78, 5) is 40.3. The third-order valence-corrected chi connectivity index (χ3v) is 5.85. The molecule has 1 aliphatic heterocycles. The topological polar surface area (TPSA) is 72.9 Å². The molecule has 0 amide bonds. The van der Waals surface area contributed by atoms with Crippen molar-refractivity contribution in [3.05, 3.63) is 83.6 Å². The summed E-state index contributed by atoms with van der Waals surface area (Å²) in [5.74, 6) is -2.07. The van der Waals surface area contributed by atoms with Crippen LogP contribution in [-0.4, -0.2) is 36.8 Å². The van der Waals surface area contributed by atoms with Gasteiger partial charge < -0.3 is 14.4 Å². The van der Waals surface area contributed by atoms with Crippen LogP contribution >= 0.6 is 0 Å². The summed E-state index contributed by atoms with van der Waals surface area (Å²) in [6.07, 6.45) is 1.15. The number of carbonyl (C=O) groups excluding carboxylic acids is 3. The zero-order valence-electron chi connectivity index (χ0n) is 18.1. The minimum atomic E-state index is -0.670. The number of Topliss-reactive ketones (excluding diaryl/α,β-unsaturated/α-hetero) is 1. The van der Waals surface area contributed by atoms with Crippen LogP contribution in [0.25, 0.3) is 0 Å². The molecule has 0 bridgehead atoms. The Balaban J connectivity index is 2.29. The molecule has 1 saturated heterocycles. The highest BCUT2D eigenvalue weighted by Crippen LogP contribution is 2.48. The van der Waals surface area contributed by atoms with Crippen molar-refractivity contribution in [3.63, 3.8) is 0 Å². The van der Waals surface area contributed by atoms with Crippen molar-refractivity contribution in [2.24, 2.45) is 11.8 Å². The zero-order chi connectivity index (χ0) is 22.5. The molecule has 0 aliphatic carbocycles. The first kappa shape index (κ1) is 22.3. The average Bonchev–Trinajstić information content (AvgIpc) is 2.81. The summed E-state index contributed by atoms with van der Waals surface area (Å²) in [5, 5.41) is 0. The third kappa shape index (κ3) is 4.38. The summed E-state index contributed by atoms with van der Waals surface area (Å²) < 4.78 is 9.84. The molecule has 1 fully saturated rings. The van der Waals surface area contributed by atoms with E-state index in [9.17, 15) is 14.4 Å². The largest absolute Gasteiger partial charge is 0.466 e. The molecule has 0 spiro atoms. The third-order valence-electron chi connectivity index (χ3n) is 5.85. The van der Waals surface area contributed by atoms with Crippen molar-refractivity contribution in [1.29, 1.82) is 0 Å². The number of hydrogen-bond donors (Lipinski definition) is 0. The van der Waals surface area contributed by atoms with Crippen LogP contribution in [-0.2, 0) is 23.9 Å². The van der Waals surface area contributed by atoms with Crippen LogP contribution in [0.4, 0.5) is 0 Å². The van der Waals surface area contributed by atoms with Crippen LogP contribution in [0.1, 0.15) is 37.1 Å². The second-order valence-electron chi connectivity index (χ2n) is 7.64. The minimum absolute atomic E-state index is 0.0586. The summed E-state index contributed by atoms with van der Waals surface area (Å²) >= 11 is 0. The number of likely N-dealkylation sites (tertiary alicyclic amines) is 1. The van der Waals surface area contributed by atoms with Gasteiger partial charge in [-0.2, -0.15) is 0 Å². The van der Waals surface area contributed by atoms with E-state index in [0.717, 1.165) is 17.2 Å². The molecule has 0 unspecified atom stereocenters. The van der Waals surface area contributed by atoms with Gasteiger partial charge in [-0.3, -0.25) is 4.79 Å². The first-order valence-electron chi connectivity index (χ1n) is 10.2. The molecule has 2 aromatic carbocycles. The fourth-order valence-corrected chi connectivity index (χ4v) is 4.39. The molecule has 0 aromatic heterocycles. The van der Waals surface area contributed by atoms with Crippen LogP contribution in [0.5, 0.6) is 0 Å². The number of ether oxygens (including phenoxy) is 2. The van der Waals surface area contributed by atoms with Gasteiger partial charge in [0.05, 0.1) is 32.4 Å².